The average Bonchev–Trinajstić information content (AvgIpc) is 3.03. The number of nitrogens with zero attached hydrogens (tertiary/aromatic N) is 2. The van der Waals surface area contributed by atoms with E-state index in [1.807, 2.05) is 26.0 Å². The molecule has 1 fully saturated rings. The molecule has 1 aliphatic heterocycles. The molecule has 1 unspecified atom stereocenters. The Bertz CT molecular complexity index is 663. The van der Waals surface area contributed by atoms with Crippen molar-refractivity contribution in [2.45, 2.75) is 32.8 Å². The van der Waals surface area contributed by atoms with Crippen LogP contribution in [0.15, 0.2) is 24.5 Å². The lowest BCUT2D eigenvalue weighted by Crippen LogP contribution is -2.19. The van der Waals surface area contributed by atoms with Gasteiger partial charge in [-0.3, -0.25) is 0 Å². The molecule has 5 nitrogen and oxygen atoms in total. The second-order valence-corrected chi connectivity index (χ2v) is 6.28. The number of halogens is 1. The number of rotatable bonds is 5. The maximum absolute atomic E-state index is 6.33. The predicted octanol–water partition coefficient (Wildman–Crippen LogP) is 4.08. The maximum Gasteiger partial charge on any atom is 0.135 e. The van der Waals surface area contributed by atoms with Crippen molar-refractivity contribution in [3.8, 4) is 0 Å². The zero-order valence-corrected chi connectivity index (χ0v) is 14.2. The van der Waals surface area contributed by atoms with Gasteiger partial charge in [-0.15, -0.1) is 0 Å². The fourth-order valence-corrected chi connectivity index (χ4v) is 3.12. The first-order chi connectivity index (χ1) is 11.1. The van der Waals surface area contributed by atoms with Crippen LogP contribution in [-0.4, -0.2) is 29.2 Å². The van der Waals surface area contributed by atoms with Gasteiger partial charge in [0.25, 0.3) is 0 Å². The van der Waals surface area contributed by atoms with Crippen LogP contribution in [0.2, 0.25) is 5.02 Å². The Labute approximate surface area is 141 Å². The van der Waals surface area contributed by atoms with E-state index in [0.717, 1.165) is 48.6 Å². The molecular weight excluding hydrogens is 312 g/mol. The van der Waals surface area contributed by atoms with Crippen molar-refractivity contribution in [1.82, 2.24) is 9.97 Å². The molecule has 23 heavy (non-hydrogen) atoms. The molecule has 2 N–H and O–H groups in total. The second-order valence-electron chi connectivity index (χ2n) is 5.87. The number of ether oxygens (including phenoxy) is 1. The van der Waals surface area contributed by atoms with Crippen molar-refractivity contribution in [2.24, 2.45) is 0 Å². The highest BCUT2D eigenvalue weighted by atomic mass is 35.5. The maximum atomic E-state index is 6.33. The molecule has 1 saturated heterocycles. The third-order valence-corrected chi connectivity index (χ3v) is 4.18. The molecule has 6 heteroatoms. The Hall–Kier alpha value is -1.85. The Morgan fingerprint density at radius 2 is 2.04 bits per heavy atom. The monoisotopic (exact) mass is 332 g/mol. The van der Waals surface area contributed by atoms with Crippen LogP contribution in [0, 0.1) is 13.8 Å². The van der Waals surface area contributed by atoms with E-state index >= 15 is 0 Å². The summed E-state index contributed by atoms with van der Waals surface area (Å²) < 4.78 is 5.60. The van der Waals surface area contributed by atoms with E-state index in [0.29, 0.717) is 10.8 Å². The van der Waals surface area contributed by atoms with Crippen LogP contribution in [0.25, 0.3) is 0 Å². The number of aryl methyl sites for hydroxylation is 2. The van der Waals surface area contributed by atoms with Crippen LogP contribution >= 0.6 is 11.6 Å². The highest BCUT2D eigenvalue weighted by Crippen LogP contribution is 2.30. The molecule has 0 bridgehead atoms. The minimum Gasteiger partial charge on any atom is -0.376 e. The van der Waals surface area contributed by atoms with Gasteiger partial charge in [-0.2, -0.15) is 0 Å². The Morgan fingerprint density at radius 3 is 2.78 bits per heavy atom. The fraction of sp³-hybridized carbons (Fsp3) is 0.412. The van der Waals surface area contributed by atoms with E-state index in [-0.39, 0.29) is 6.10 Å². The summed E-state index contributed by atoms with van der Waals surface area (Å²) in [7, 11) is 0. The second kappa shape index (κ2) is 7.15. The van der Waals surface area contributed by atoms with Gasteiger partial charge in [0, 0.05) is 19.2 Å². The van der Waals surface area contributed by atoms with Crippen LogP contribution in [-0.2, 0) is 4.74 Å². The molecule has 0 spiro atoms. The Kier molecular flexibility index (Phi) is 4.98. The van der Waals surface area contributed by atoms with Crippen LogP contribution in [0.1, 0.15) is 24.0 Å². The standard InChI is InChI=1S/C17H21ClN4O/c1-11-6-12(2)17(14(18)7-11)22-16-8-15(20-10-21-16)19-9-13-4-3-5-23-13/h6-8,10,13H,3-5,9H2,1-2H3,(H2,19,20,21,22). The molecule has 3 rings (SSSR count). The summed E-state index contributed by atoms with van der Waals surface area (Å²) in [5.41, 5.74) is 3.10. The summed E-state index contributed by atoms with van der Waals surface area (Å²) >= 11 is 6.33. The van der Waals surface area contributed by atoms with Crippen LogP contribution in [0.3, 0.4) is 0 Å². The molecule has 2 aromatic rings. The quantitative estimate of drug-likeness (QED) is 0.864. The molecular formula is C17H21ClN4O. The molecule has 0 aliphatic carbocycles. The van der Waals surface area contributed by atoms with Crippen molar-refractivity contribution >= 4 is 28.9 Å². The van der Waals surface area contributed by atoms with Crippen molar-refractivity contribution in [3.63, 3.8) is 0 Å². The lowest BCUT2D eigenvalue weighted by Gasteiger charge is -2.14. The molecule has 1 atom stereocenters. The van der Waals surface area contributed by atoms with Crippen LogP contribution in [0.5, 0.6) is 0 Å². The largest absolute Gasteiger partial charge is 0.376 e. The molecule has 1 aliphatic rings. The Morgan fingerprint density at radius 1 is 1.22 bits per heavy atom. The van der Waals surface area contributed by atoms with Gasteiger partial charge in [0.15, 0.2) is 0 Å². The summed E-state index contributed by atoms with van der Waals surface area (Å²) in [6.45, 7) is 5.67. The average molecular weight is 333 g/mol. The summed E-state index contributed by atoms with van der Waals surface area (Å²) in [6, 6.07) is 5.91. The van der Waals surface area contributed by atoms with E-state index in [4.69, 9.17) is 16.3 Å². The minimum atomic E-state index is 0.273. The SMILES string of the molecule is Cc1cc(C)c(Nc2cc(NCC3CCCO3)ncn2)c(Cl)c1. The zero-order valence-electron chi connectivity index (χ0n) is 13.4. The minimum absolute atomic E-state index is 0.273. The summed E-state index contributed by atoms with van der Waals surface area (Å²) in [5, 5.41) is 7.27. The van der Waals surface area contributed by atoms with E-state index in [2.05, 4.69) is 26.7 Å². The van der Waals surface area contributed by atoms with Gasteiger partial charge in [-0.05, 0) is 43.9 Å². The van der Waals surface area contributed by atoms with E-state index in [1.54, 1.807) is 0 Å². The molecule has 1 aromatic heterocycles. The highest BCUT2D eigenvalue weighted by Gasteiger charge is 2.15. The smallest absolute Gasteiger partial charge is 0.135 e. The zero-order chi connectivity index (χ0) is 16.2. The lowest BCUT2D eigenvalue weighted by atomic mass is 10.1. The fourth-order valence-electron chi connectivity index (χ4n) is 2.75. The number of anilines is 3. The summed E-state index contributed by atoms with van der Waals surface area (Å²) in [6.07, 6.45) is 4.04. The molecule has 0 saturated carbocycles. The van der Waals surface area contributed by atoms with Gasteiger partial charge in [0.1, 0.15) is 18.0 Å². The van der Waals surface area contributed by atoms with Gasteiger partial charge in [0.05, 0.1) is 16.8 Å². The van der Waals surface area contributed by atoms with Gasteiger partial charge < -0.3 is 15.4 Å². The third kappa shape index (κ3) is 4.12. The number of hydrogen-bond acceptors (Lipinski definition) is 5. The van der Waals surface area contributed by atoms with Gasteiger partial charge in [-0.25, -0.2) is 9.97 Å². The van der Waals surface area contributed by atoms with E-state index < -0.39 is 0 Å². The first-order valence-corrected chi connectivity index (χ1v) is 8.21. The van der Waals surface area contributed by atoms with Gasteiger partial charge in [0.2, 0.25) is 0 Å². The Balaban J connectivity index is 1.70. The first kappa shape index (κ1) is 16.0. The summed E-state index contributed by atoms with van der Waals surface area (Å²) in [4.78, 5) is 8.52. The number of aromatic nitrogens is 2. The van der Waals surface area contributed by atoms with E-state index in [1.165, 1.54) is 6.33 Å². The first-order valence-electron chi connectivity index (χ1n) is 7.83. The number of hydrogen-bond donors (Lipinski definition) is 2. The number of benzene rings is 1. The van der Waals surface area contributed by atoms with Crippen LogP contribution < -0.4 is 10.6 Å². The normalized spacial score (nSPS) is 17.3. The lowest BCUT2D eigenvalue weighted by molar-refractivity contribution is 0.120. The summed E-state index contributed by atoms with van der Waals surface area (Å²) in [5.74, 6) is 1.49. The molecule has 1 aromatic carbocycles. The van der Waals surface area contributed by atoms with Crippen molar-refractivity contribution in [1.29, 1.82) is 0 Å². The molecule has 2 heterocycles. The van der Waals surface area contributed by atoms with Crippen molar-refractivity contribution < 1.29 is 4.74 Å². The van der Waals surface area contributed by atoms with E-state index in [9.17, 15) is 0 Å². The predicted molar refractivity (Wildman–Crippen MR) is 93.7 cm³/mol. The third-order valence-electron chi connectivity index (χ3n) is 3.89. The van der Waals surface area contributed by atoms with Crippen LogP contribution in [0.4, 0.5) is 17.3 Å². The highest BCUT2D eigenvalue weighted by molar-refractivity contribution is 6.33. The van der Waals surface area contributed by atoms with Gasteiger partial charge >= 0.3 is 0 Å². The van der Waals surface area contributed by atoms with Crippen molar-refractivity contribution in [3.05, 3.63) is 40.7 Å². The molecule has 0 amide bonds. The topological polar surface area (TPSA) is 59.1 Å². The van der Waals surface area contributed by atoms with Gasteiger partial charge in [-0.1, -0.05) is 17.7 Å². The molecule has 122 valence electrons. The van der Waals surface area contributed by atoms with Crippen molar-refractivity contribution in [2.75, 3.05) is 23.8 Å². The molecule has 0 radical (unpaired) electrons. The number of nitrogens with one attached hydrogen (secondary N) is 2.